The monoisotopic (exact) mass is 208 g/mol. The molecule has 2 heteroatoms. The summed E-state index contributed by atoms with van der Waals surface area (Å²) in [6.07, 6.45) is 0. The Kier molecular flexibility index (Phi) is 1.83. The number of aryl methyl sites for hydroxylation is 1. The normalized spacial score (nSPS) is 11.1. The minimum Gasteiger partial charge on any atom is -0.398 e. The average molecular weight is 208 g/mol. The lowest BCUT2D eigenvalue weighted by Gasteiger charge is -2.08. The topological polar surface area (TPSA) is 38.9 Å². The molecule has 2 nitrogen and oxygen atoms in total. The largest absolute Gasteiger partial charge is 0.398 e. The first-order valence-corrected chi connectivity index (χ1v) is 5.31. The quantitative estimate of drug-likeness (QED) is 0.576. The predicted octanol–water partition coefficient (Wildman–Crippen LogP) is 3.28. The Labute approximate surface area is 93.7 Å². The lowest BCUT2D eigenvalue weighted by Crippen LogP contribution is -1.94. The molecule has 0 radical (unpaired) electrons. The van der Waals surface area contributed by atoms with E-state index in [4.69, 9.17) is 5.73 Å². The van der Waals surface area contributed by atoms with E-state index in [9.17, 15) is 0 Å². The summed E-state index contributed by atoms with van der Waals surface area (Å²) in [6.45, 7) is 2.06. The average Bonchev–Trinajstić information content (AvgIpc) is 2.29. The highest BCUT2D eigenvalue weighted by Gasteiger charge is 2.06. The molecule has 2 N–H and O–H groups in total. The van der Waals surface area contributed by atoms with Crippen LogP contribution >= 0.6 is 0 Å². The number of aromatic nitrogens is 1. The van der Waals surface area contributed by atoms with E-state index < -0.39 is 0 Å². The summed E-state index contributed by atoms with van der Waals surface area (Å²) in [6, 6.07) is 14.1. The molecular weight excluding hydrogens is 196 g/mol. The number of pyridine rings is 1. The maximum absolute atomic E-state index is 6.22. The van der Waals surface area contributed by atoms with E-state index in [0.29, 0.717) is 0 Å². The maximum Gasteiger partial charge on any atom is 0.0733 e. The second-order valence-corrected chi connectivity index (χ2v) is 4.01. The summed E-state index contributed by atoms with van der Waals surface area (Å²) in [5.74, 6) is 0. The number of nitrogens with two attached hydrogens (primary N) is 1. The van der Waals surface area contributed by atoms with Crippen LogP contribution in [0.1, 0.15) is 5.56 Å². The molecule has 0 saturated carbocycles. The van der Waals surface area contributed by atoms with Crippen LogP contribution in [-0.2, 0) is 0 Å². The Bertz CT molecular complexity index is 687. The second-order valence-electron chi connectivity index (χ2n) is 4.01. The van der Waals surface area contributed by atoms with Crippen LogP contribution < -0.4 is 5.73 Å². The Morgan fingerprint density at radius 3 is 2.56 bits per heavy atom. The van der Waals surface area contributed by atoms with E-state index in [0.717, 1.165) is 27.5 Å². The number of hydrogen-bond acceptors (Lipinski definition) is 2. The molecule has 0 unspecified atom stereocenters. The molecule has 78 valence electrons. The molecule has 0 aliphatic carbocycles. The van der Waals surface area contributed by atoms with Crippen LogP contribution in [-0.4, -0.2) is 4.98 Å². The molecule has 3 aromatic rings. The van der Waals surface area contributed by atoms with Crippen molar-refractivity contribution in [3.8, 4) is 0 Å². The molecule has 0 spiro atoms. The van der Waals surface area contributed by atoms with Gasteiger partial charge >= 0.3 is 0 Å². The van der Waals surface area contributed by atoms with Crippen molar-refractivity contribution in [1.29, 1.82) is 0 Å². The molecule has 2 aromatic carbocycles. The van der Waals surface area contributed by atoms with Crippen molar-refractivity contribution >= 4 is 27.5 Å². The lowest BCUT2D eigenvalue weighted by atomic mass is 10.0. The highest BCUT2D eigenvalue weighted by molar-refractivity contribution is 6.07. The van der Waals surface area contributed by atoms with Crippen molar-refractivity contribution < 1.29 is 0 Å². The van der Waals surface area contributed by atoms with Crippen LogP contribution in [0.15, 0.2) is 42.5 Å². The van der Waals surface area contributed by atoms with E-state index >= 15 is 0 Å². The summed E-state index contributed by atoms with van der Waals surface area (Å²) in [4.78, 5) is 4.62. The lowest BCUT2D eigenvalue weighted by molar-refractivity contribution is 1.46. The molecule has 0 saturated heterocycles. The van der Waals surface area contributed by atoms with Gasteiger partial charge in [-0.25, -0.2) is 4.98 Å². The third kappa shape index (κ3) is 1.16. The standard InChI is InChI=1S/C14H12N2/c1-9-5-4-8-12-13(9)14(15)10-6-2-3-7-11(10)16-12/h2-8H,1H3,(H2,15,16). The minimum atomic E-state index is 0.832. The van der Waals surface area contributed by atoms with Gasteiger partial charge in [0.15, 0.2) is 0 Å². The molecule has 16 heavy (non-hydrogen) atoms. The van der Waals surface area contributed by atoms with Gasteiger partial charge in [0.1, 0.15) is 0 Å². The molecule has 1 aromatic heterocycles. The van der Waals surface area contributed by atoms with E-state index in [1.807, 2.05) is 36.4 Å². The van der Waals surface area contributed by atoms with Crippen LogP contribution in [0.5, 0.6) is 0 Å². The van der Waals surface area contributed by atoms with Crippen LogP contribution in [0.4, 0.5) is 5.69 Å². The molecule has 0 aliphatic rings. The summed E-state index contributed by atoms with van der Waals surface area (Å²) < 4.78 is 0. The van der Waals surface area contributed by atoms with E-state index in [-0.39, 0.29) is 0 Å². The van der Waals surface area contributed by atoms with Crippen molar-refractivity contribution in [3.63, 3.8) is 0 Å². The van der Waals surface area contributed by atoms with Crippen molar-refractivity contribution in [1.82, 2.24) is 4.98 Å². The zero-order valence-electron chi connectivity index (χ0n) is 9.07. The van der Waals surface area contributed by atoms with Crippen molar-refractivity contribution in [3.05, 3.63) is 48.0 Å². The van der Waals surface area contributed by atoms with Crippen LogP contribution in [0.3, 0.4) is 0 Å². The molecule has 3 rings (SSSR count). The number of hydrogen-bond donors (Lipinski definition) is 1. The fourth-order valence-corrected chi connectivity index (χ4v) is 2.16. The highest BCUT2D eigenvalue weighted by Crippen LogP contribution is 2.29. The number of rotatable bonds is 0. The molecule has 0 amide bonds. The third-order valence-electron chi connectivity index (χ3n) is 2.96. The number of benzene rings is 2. The van der Waals surface area contributed by atoms with Gasteiger partial charge in [0.05, 0.1) is 16.7 Å². The summed E-state index contributed by atoms with van der Waals surface area (Å²) in [5.41, 5.74) is 10.1. The van der Waals surface area contributed by atoms with Crippen LogP contribution in [0.25, 0.3) is 21.8 Å². The second kappa shape index (κ2) is 3.20. The van der Waals surface area contributed by atoms with E-state index in [2.05, 4.69) is 18.0 Å². The van der Waals surface area contributed by atoms with Gasteiger partial charge in [-0.2, -0.15) is 0 Å². The van der Waals surface area contributed by atoms with Gasteiger partial charge in [-0.1, -0.05) is 30.3 Å². The van der Waals surface area contributed by atoms with Crippen molar-refractivity contribution in [2.45, 2.75) is 6.92 Å². The van der Waals surface area contributed by atoms with Gasteiger partial charge < -0.3 is 5.73 Å². The number of fused-ring (bicyclic) bond motifs is 2. The fourth-order valence-electron chi connectivity index (χ4n) is 2.16. The van der Waals surface area contributed by atoms with E-state index in [1.54, 1.807) is 0 Å². The first-order valence-electron chi connectivity index (χ1n) is 5.31. The SMILES string of the molecule is Cc1cccc2nc3ccccc3c(N)c12. The smallest absolute Gasteiger partial charge is 0.0733 e. The maximum atomic E-state index is 6.22. The van der Waals surface area contributed by atoms with Gasteiger partial charge in [-0.05, 0) is 24.6 Å². The van der Waals surface area contributed by atoms with Gasteiger partial charge in [-0.3, -0.25) is 0 Å². The molecule has 0 aliphatic heterocycles. The Morgan fingerprint density at radius 1 is 0.938 bits per heavy atom. The summed E-state index contributed by atoms with van der Waals surface area (Å²) >= 11 is 0. The highest BCUT2D eigenvalue weighted by atomic mass is 14.7. The molecule has 0 bridgehead atoms. The molecule has 0 fully saturated rings. The predicted molar refractivity (Wildman–Crippen MR) is 68.4 cm³/mol. The zero-order valence-corrected chi connectivity index (χ0v) is 9.07. The van der Waals surface area contributed by atoms with Gasteiger partial charge in [-0.15, -0.1) is 0 Å². The Hall–Kier alpha value is -2.09. The number of nitrogens with zero attached hydrogens (tertiary/aromatic N) is 1. The summed E-state index contributed by atoms with van der Waals surface area (Å²) in [7, 11) is 0. The zero-order chi connectivity index (χ0) is 11.1. The first-order chi connectivity index (χ1) is 7.77. The Balaban J connectivity index is 2.62. The molecule has 1 heterocycles. The van der Waals surface area contributed by atoms with Gasteiger partial charge in [0.2, 0.25) is 0 Å². The van der Waals surface area contributed by atoms with Crippen molar-refractivity contribution in [2.24, 2.45) is 0 Å². The minimum absolute atomic E-state index is 0.832. The molecular formula is C14H12N2. The number of nitrogen functional groups attached to an aromatic ring is 1. The van der Waals surface area contributed by atoms with Gasteiger partial charge in [0.25, 0.3) is 0 Å². The number of para-hydroxylation sites is 1. The fraction of sp³-hybridized carbons (Fsp3) is 0.0714. The molecule has 0 atom stereocenters. The number of anilines is 1. The van der Waals surface area contributed by atoms with Gasteiger partial charge in [0, 0.05) is 10.8 Å². The van der Waals surface area contributed by atoms with Crippen LogP contribution in [0, 0.1) is 6.92 Å². The van der Waals surface area contributed by atoms with Crippen molar-refractivity contribution in [2.75, 3.05) is 5.73 Å². The van der Waals surface area contributed by atoms with E-state index in [1.165, 1.54) is 5.56 Å². The Morgan fingerprint density at radius 2 is 1.69 bits per heavy atom. The first kappa shape index (κ1) is 9.16. The van der Waals surface area contributed by atoms with Crippen LogP contribution in [0.2, 0.25) is 0 Å². The third-order valence-corrected chi connectivity index (χ3v) is 2.96. The summed E-state index contributed by atoms with van der Waals surface area (Å²) in [5, 5.41) is 2.10.